The second-order valence-electron chi connectivity index (χ2n) is 8.86. The number of hydrogen-bond donors (Lipinski definition) is 1. The van der Waals surface area contributed by atoms with E-state index in [1.165, 1.54) is 32.1 Å². The normalized spacial score (nSPS) is 17.0. The molecule has 0 saturated heterocycles. The first-order valence-corrected chi connectivity index (χ1v) is 12.0. The molecule has 1 aliphatic heterocycles. The molecule has 1 aliphatic carbocycles. The predicted molar refractivity (Wildman–Crippen MR) is 125 cm³/mol. The molecule has 0 atom stereocenters. The summed E-state index contributed by atoms with van der Waals surface area (Å²) in [4.78, 5) is 34.4. The molecule has 3 aromatic rings. The monoisotopic (exact) mass is 436 g/mol. The van der Waals surface area contributed by atoms with E-state index >= 15 is 0 Å². The second-order valence-corrected chi connectivity index (χ2v) is 9.94. The van der Waals surface area contributed by atoms with Gasteiger partial charge < -0.3 is 10.2 Å². The highest BCUT2D eigenvalue weighted by Crippen LogP contribution is 2.33. The van der Waals surface area contributed by atoms with Gasteiger partial charge in [0.2, 0.25) is 0 Å². The fourth-order valence-corrected chi connectivity index (χ4v) is 6.09. The van der Waals surface area contributed by atoms with E-state index in [1.54, 1.807) is 17.7 Å². The van der Waals surface area contributed by atoms with Crippen LogP contribution >= 0.6 is 11.3 Å². The molecule has 0 unspecified atom stereocenters. The van der Waals surface area contributed by atoms with Gasteiger partial charge in [0.25, 0.3) is 5.56 Å². The van der Waals surface area contributed by atoms with Crippen LogP contribution < -0.4 is 10.9 Å². The Hall–Kier alpha value is -2.67. The van der Waals surface area contributed by atoms with Gasteiger partial charge in [-0.3, -0.25) is 9.36 Å². The maximum Gasteiger partial charge on any atom is 0.322 e. The molecule has 5 rings (SSSR count). The zero-order chi connectivity index (χ0) is 21.4. The molecule has 0 radical (unpaired) electrons. The fourth-order valence-electron chi connectivity index (χ4n) is 4.90. The molecule has 3 heterocycles. The summed E-state index contributed by atoms with van der Waals surface area (Å²) in [6.45, 7) is 3.91. The van der Waals surface area contributed by atoms with Crippen LogP contribution in [0.1, 0.15) is 48.1 Å². The van der Waals surface area contributed by atoms with Crippen molar-refractivity contribution in [3.05, 3.63) is 57.0 Å². The molecule has 0 bridgehead atoms. The Morgan fingerprint density at radius 2 is 2.10 bits per heavy atom. The molecule has 1 saturated carbocycles. The number of benzene rings is 1. The highest BCUT2D eigenvalue weighted by molar-refractivity contribution is 7.18. The van der Waals surface area contributed by atoms with Crippen molar-refractivity contribution >= 4 is 33.3 Å². The lowest BCUT2D eigenvalue weighted by molar-refractivity contribution is 0.207. The third-order valence-corrected chi connectivity index (χ3v) is 7.69. The lowest BCUT2D eigenvalue weighted by Gasteiger charge is -2.27. The number of thiophene rings is 1. The van der Waals surface area contributed by atoms with E-state index in [4.69, 9.17) is 0 Å². The minimum atomic E-state index is -0.101. The van der Waals surface area contributed by atoms with Crippen LogP contribution in [0.15, 0.2) is 35.4 Å². The first kappa shape index (κ1) is 20.2. The minimum Gasteiger partial charge on any atom is -0.319 e. The summed E-state index contributed by atoms with van der Waals surface area (Å²) in [5.74, 6) is 0.584. The SMILES string of the molecule is Cc1cccc(NC(=O)N2CCc3c(sc4ncn(CC5CCCCC5)c(=O)c34)C2)c1. The number of fused-ring (bicyclic) bond motifs is 3. The second kappa shape index (κ2) is 8.46. The third-order valence-electron chi connectivity index (χ3n) is 6.56. The topological polar surface area (TPSA) is 67.2 Å². The summed E-state index contributed by atoms with van der Waals surface area (Å²) in [5, 5.41) is 3.77. The number of hydrogen-bond acceptors (Lipinski definition) is 4. The number of aryl methyl sites for hydroxylation is 1. The Bertz CT molecular complexity index is 1180. The number of anilines is 1. The van der Waals surface area contributed by atoms with E-state index in [9.17, 15) is 9.59 Å². The quantitative estimate of drug-likeness (QED) is 0.633. The highest BCUT2D eigenvalue weighted by Gasteiger charge is 2.27. The number of rotatable bonds is 3. The standard InChI is InChI=1S/C24H28N4O2S/c1-16-6-5-9-18(12-16)26-24(30)27-11-10-19-20(14-27)31-22-21(19)23(29)28(15-25-22)13-17-7-3-2-4-8-17/h5-6,9,12,15,17H,2-4,7-8,10-11,13-14H2,1H3,(H,26,30). The number of aromatic nitrogens is 2. The molecule has 1 N–H and O–H groups in total. The Labute approximate surface area is 185 Å². The summed E-state index contributed by atoms with van der Waals surface area (Å²) in [5.41, 5.74) is 3.10. The van der Waals surface area contributed by atoms with Crippen molar-refractivity contribution in [3.8, 4) is 0 Å². The van der Waals surface area contributed by atoms with E-state index in [0.717, 1.165) is 38.5 Å². The van der Waals surface area contributed by atoms with Crippen LogP contribution in [0.25, 0.3) is 10.2 Å². The smallest absolute Gasteiger partial charge is 0.319 e. The summed E-state index contributed by atoms with van der Waals surface area (Å²) in [6, 6.07) is 7.71. The van der Waals surface area contributed by atoms with Gasteiger partial charge in [-0.25, -0.2) is 9.78 Å². The van der Waals surface area contributed by atoms with Crippen molar-refractivity contribution in [1.29, 1.82) is 0 Å². The van der Waals surface area contributed by atoms with Crippen LogP contribution in [0.2, 0.25) is 0 Å². The molecule has 2 aliphatic rings. The van der Waals surface area contributed by atoms with Gasteiger partial charge in [-0.2, -0.15) is 0 Å². The number of carbonyl (C=O) groups excluding carboxylic acids is 1. The summed E-state index contributed by atoms with van der Waals surface area (Å²) >= 11 is 1.55. The van der Waals surface area contributed by atoms with Crippen LogP contribution in [0.4, 0.5) is 10.5 Å². The lowest BCUT2D eigenvalue weighted by Crippen LogP contribution is -2.38. The van der Waals surface area contributed by atoms with Crippen molar-refractivity contribution in [2.24, 2.45) is 5.92 Å². The van der Waals surface area contributed by atoms with E-state index in [0.29, 0.717) is 25.4 Å². The Balaban J connectivity index is 1.36. The van der Waals surface area contributed by atoms with E-state index < -0.39 is 0 Å². The number of amides is 2. The molecule has 162 valence electrons. The van der Waals surface area contributed by atoms with Gasteiger partial charge in [-0.05, 0) is 55.4 Å². The molecular formula is C24H28N4O2S. The van der Waals surface area contributed by atoms with Crippen molar-refractivity contribution in [2.45, 2.75) is 58.5 Å². The van der Waals surface area contributed by atoms with Gasteiger partial charge in [0, 0.05) is 23.7 Å². The summed E-state index contributed by atoms with van der Waals surface area (Å²) in [6.07, 6.45) is 8.68. The van der Waals surface area contributed by atoms with Crippen LogP contribution in [-0.4, -0.2) is 27.0 Å². The molecule has 31 heavy (non-hydrogen) atoms. The zero-order valence-corrected chi connectivity index (χ0v) is 18.7. The van der Waals surface area contributed by atoms with Gasteiger partial charge in [-0.1, -0.05) is 31.4 Å². The Morgan fingerprint density at radius 1 is 1.26 bits per heavy atom. The third kappa shape index (κ3) is 4.11. The van der Waals surface area contributed by atoms with Gasteiger partial charge in [0.05, 0.1) is 18.3 Å². The molecule has 7 heteroatoms. The first-order chi connectivity index (χ1) is 15.1. The van der Waals surface area contributed by atoms with Gasteiger partial charge in [-0.15, -0.1) is 11.3 Å². The molecule has 1 aromatic carbocycles. The van der Waals surface area contributed by atoms with E-state index in [2.05, 4.69) is 10.3 Å². The first-order valence-electron chi connectivity index (χ1n) is 11.2. The van der Waals surface area contributed by atoms with Crippen molar-refractivity contribution < 1.29 is 4.79 Å². The van der Waals surface area contributed by atoms with Crippen LogP contribution in [0.3, 0.4) is 0 Å². The molecular weight excluding hydrogens is 408 g/mol. The Morgan fingerprint density at radius 3 is 2.90 bits per heavy atom. The molecule has 2 amide bonds. The van der Waals surface area contributed by atoms with Gasteiger partial charge in [0.15, 0.2) is 0 Å². The van der Waals surface area contributed by atoms with Gasteiger partial charge in [0.1, 0.15) is 4.83 Å². The number of nitrogens with one attached hydrogen (secondary N) is 1. The average molecular weight is 437 g/mol. The summed E-state index contributed by atoms with van der Waals surface area (Å²) < 4.78 is 1.82. The maximum absolute atomic E-state index is 13.3. The van der Waals surface area contributed by atoms with Crippen LogP contribution in [0, 0.1) is 12.8 Å². The van der Waals surface area contributed by atoms with Crippen LogP contribution in [-0.2, 0) is 19.5 Å². The molecule has 2 aromatic heterocycles. The van der Waals surface area contributed by atoms with E-state index in [1.807, 2.05) is 40.7 Å². The zero-order valence-electron chi connectivity index (χ0n) is 17.9. The largest absolute Gasteiger partial charge is 0.322 e. The van der Waals surface area contributed by atoms with E-state index in [-0.39, 0.29) is 11.6 Å². The van der Waals surface area contributed by atoms with Crippen molar-refractivity contribution in [1.82, 2.24) is 14.5 Å². The highest BCUT2D eigenvalue weighted by atomic mass is 32.1. The van der Waals surface area contributed by atoms with Crippen LogP contribution in [0.5, 0.6) is 0 Å². The molecule has 6 nitrogen and oxygen atoms in total. The lowest BCUT2D eigenvalue weighted by atomic mass is 9.89. The van der Waals surface area contributed by atoms with Crippen molar-refractivity contribution in [3.63, 3.8) is 0 Å². The van der Waals surface area contributed by atoms with Gasteiger partial charge >= 0.3 is 6.03 Å². The predicted octanol–water partition coefficient (Wildman–Crippen LogP) is 4.94. The fraction of sp³-hybridized carbons (Fsp3) is 0.458. The number of urea groups is 1. The minimum absolute atomic E-state index is 0.0886. The Kier molecular flexibility index (Phi) is 5.52. The summed E-state index contributed by atoms with van der Waals surface area (Å²) in [7, 11) is 0. The number of nitrogens with zero attached hydrogens (tertiary/aromatic N) is 3. The maximum atomic E-state index is 13.3. The molecule has 0 spiro atoms. The molecule has 1 fully saturated rings. The number of carbonyl (C=O) groups is 1. The average Bonchev–Trinajstić information content (AvgIpc) is 3.15. The van der Waals surface area contributed by atoms with Crippen molar-refractivity contribution in [2.75, 3.05) is 11.9 Å².